The van der Waals surface area contributed by atoms with E-state index in [0.717, 1.165) is 12.1 Å². The summed E-state index contributed by atoms with van der Waals surface area (Å²) in [5.41, 5.74) is -0.173. The average molecular weight is 269 g/mol. The molecule has 0 N–H and O–H groups in total. The number of hydrogen-bond acceptors (Lipinski definition) is 1. The minimum atomic E-state index is -4.31. The molecule has 0 fully saturated rings. The van der Waals surface area contributed by atoms with Gasteiger partial charge in [-0.1, -0.05) is 15.9 Å². The molecule has 0 radical (unpaired) electrons. The van der Waals surface area contributed by atoms with E-state index >= 15 is 0 Å². The average Bonchev–Trinajstić information content (AvgIpc) is 2.02. The first-order chi connectivity index (χ1) is 6.43. The molecular formula is C9H8BrF3O. The summed E-state index contributed by atoms with van der Waals surface area (Å²) in [5.74, 6) is 0. The van der Waals surface area contributed by atoms with Gasteiger partial charge < -0.3 is 4.74 Å². The van der Waals surface area contributed by atoms with E-state index in [1.54, 1.807) is 6.07 Å². The van der Waals surface area contributed by atoms with Gasteiger partial charge in [-0.25, -0.2) is 0 Å². The Labute approximate surface area is 88.0 Å². The van der Waals surface area contributed by atoms with Gasteiger partial charge in [-0.3, -0.25) is 0 Å². The van der Waals surface area contributed by atoms with Crippen LogP contribution >= 0.6 is 15.9 Å². The molecule has 0 amide bonds. The van der Waals surface area contributed by atoms with E-state index in [0.29, 0.717) is 10.0 Å². The van der Waals surface area contributed by atoms with E-state index < -0.39 is 11.7 Å². The third-order valence-corrected chi connectivity index (χ3v) is 2.05. The zero-order valence-electron chi connectivity index (χ0n) is 7.36. The largest absolute Gasteiger partial charge is 0.416 e. The number of halogens is 4. The monoisotopic (exact) mass is 268 g/mol. The fraction of sp³-hybridized carbons (Fsp3) is 0.333. The van der Waals surface area contributed by atoms with Crippen molar-refractivity contribution < 1.29 is 17.9 Å². The zero-order valence-corrected chi connectivity index (χ0v) is 8.95. The van der Waals surface area contributed by atoms with Crippen LogP contribution in [0, 0.1) is 0 Å². The van der Waals surface area contributed by atoms with Crippen LogP contribution in [-0.2, 0) is 17.5 Å². The van der Waals surface area contributed by atoms with Gasteiger partial charge in [0.05, 0.1) is 12.2 Å². The van der Waals surface area contributed by atoms with E-state index in [1.807, 2.05) is 0 Å². The molecule has 1 aromatic carbocycles. The summed E-state index contributed by atoms with van der Waals surface area (Å²) in [7, 11) is 1.44. The van der Waals surface area contributed by atoms with Crippen molar-refractivity contribution in [2.75, 3.05) is 7.11 Å². The number of hydrogen-bond donors (Lipinski definition) is 0. The predicted octanol–water partition coefficient (Wildman–Crippen LogP) is 3.61. The molecule has 78 valence electrons. The van der Waals surface area contributed by atoms with Crippen molar-refractivity contribution >= 4 is 15.9 Å². The number of benzene rings is 1. The Morgan fingerprint density at radius 1 is 1.29 bits per heavy atom. The van der Waals surface area contributed by atoms with Gasteiger partial charge in [-0.05, 0) is 23.8 Å². The third-order valence-electron chi connectivity index (χ3n) is 1.60. The van der Waals surface area contributed by atoms with Crippen LogP contribution < -0.4 is 0 Å². The Balaban J connectivity index is 3.07. The SMILES string of the molecule is COCc1cc(Br)cc(C(F)(F)F)c1. The highest BCUT2D eigenvalue weighted by Gasteiger charge is 2.30. The maximum atomic E-state index is 12.3. The lowest BCUT2D eigenvalue weighted by Crippen LogP contribution is -2.05. The van der Waals surface area contributed by atoms with Crippen molar-refractivity contribution in [3.8, 4) is 0 Å². The van der Waals surface area contributed by atoms with Crippen molar-refractivity contribution in [1.82, 2.24) is 0 Å². The number of ether oxygens (including phenoxy) is 1. The van der Waals surface area contributed by atoms with Crippen molar-refractivity contribution in [3.63, 3.8) is 0 Å². The molecule has 1 nitrogen and oxygen atoms in total. The van der Waals surface area contributed by atoms with E-state index in [1.165, 1.54) is 7.11 Å². The van der Waals surface area contributed by atoms with Gasteiger partial charge in [0, 0.05) is 11.6 Å². The molecule has 0 saturated carbocycles. The van der Waals surface area contributed by atoms with Crippen LogP contribution in [0.3, 0.4) is 0 Å². The summed E-state index contributed by atoms with van der Waals surface area (Å²) in [4.78, 5) is 0. The molecule has 5 heteroatoms. The topological polar surface area (TPSA) is 9.23 Å². The number of rotatable bonds is 2. The van der Waals surface area contributed by atoms with Gasteiger partial charge in [-0.2, -0.15) is 13.2 Å². The summed E-state index contributed by atoms with van der Waals surface area (Å²) in [6.07, 6.45) is -4.31. The molecule has 0 heterocycles. The lowest BCUT2D eigenvalue weighted by Gasteiger charge is -2.09. The van der Waals surface area contributed by atoms with E-state index in [2.05, 4.69) is 15.9 Å². The molecule has 0 unspecified atom stereocenters. The second-order valence-electron chi connectivity index (χ2n) is 2.78. The molecular weight excluding hydrogens is 261 g/mol. The highest BCUT2D eigenvalue weighted by Crippen LogP contribution is 2.32. The second-order valence-corrected chi connectivity index (χ2v) is 3.69. The lowest BCUT2D eigenvalue weighted by atomic mass is 10.1. The minimum Gasteiger partial charge on any atom is -0.380 e. The third kappa shape index (κ3) is 2.99. The molecule has 0 bridgehead atoms. The zero-order chi connectivity index (χ0) is 10.8. The molecule has 0 atom stereocenters. The second kappa shape index (κ2) is 4.31. The summed E-state index contributed by atoms with van der Waals surface area (Å²) in [6.45, 7) is 0.169. The maximum absolute atomic E-state index is 12.3. The molecule has 1 aromatic rings. The standard InChI is InChI=1S/C9H8BrF3O/c1-14-5-6-2-7(9(11,12)13)4-8(10)3-6/h2-4H,5H2,1H3. The van der Waals surface area contributed by atoms with Crippen molar-refractivity contribution in [2.45, 2.75) is 12.8 Å². The number of alkyl halides is 3. The Morgan fingerprint density at radius 3 is 2.43 bits per heavy atom. The maximum Gasteiger partial charge on any atom is 0.416 e. The molecule has 0 aromatic heterocycles. The number of methoxy groups -OCH3 is 1. The first-order valence-electron chi connectivity index (χ1n) is 3.79. The highest BCUT2D eigenvalue weighted by molar-refractivity contribution is 9.10. The Kier molecular flexibility index (Phi) is 3.55. The van der Waals surface area contributed by atoms with E-state index in [-0.39, 0.29) is 6.61 Å². The fourth-order valence-electron chi connectivity index (χ4n) is 1.06. The first kappa shape index (κ1) is 11.5. The van der Waals surface area contributed by atoms with Crippen molar-refractivity contribution in [1.29, 1.82) is 0 Å². The molecule has 0 aliphatic heterocycles. The Bertz CT molecular complexity index is 322. The van der Waals surface area contributed by atoms with Crippen molar-refractivity contribution in [2.24, 2.45) is 0 Å². The molecule has 1 rings (SSSR count). The van der Waals surface area contributed by atoms with Gasteiger partial charge in [0.15, 0.2) is 0 Å². The summed E-state index contributed by atoms with van der Waals surface area (Å²) >= 11 is 3.02. The van der Waals surface area contributed by atoms with Gasteiger partial charge in [0.25, 0.3) is 0 Å². The van der Waals surface area contributed by atoms with Gasteiger partial charge in [0.2, 0.25) is 0 Å². The molecule has 0 aliphatic rings. The predicted molar refractivity (Wildman–Crippen MR) is 49.9 cm³/mol. The molecule has 0 aliphatic carbocycles. The molecule has 0 spiro atoms. The Hall–Kier alpha value is -0.550. The Morgan fingerprint density at radius 2 is 1.93 bits per heavy atom. The van der Waals surface area contributed by atoms with Crippen LogP contribution in [0.4, 0.5) is 13.2 Å². The highest BCUT2D eigenvalue weighted by atomic mass is 79.9. The van der Waals surface area contributed by atoms with Crippen LogP contribution in [0.1, 0.15) is 11.1 Å². The van der Waals surface area contributed by atoms with Crippen LogP contribution in [0.5, 0.6) is 0 Å². The summed E-state index contributed by atoms with van der Waals surface area (Å²) < 4.78 is 42.1. The van der Waals surface area contributed by atoms with Crippen LogP contribution in [-0.4, -0.2) is 7.11 Å². The lowest BCUT2D eigenvalue weighted by molar-refractivity contribution is -0.137. The van der Waals surface area contributed by atoms with E-state index in [9.17, 15) is 13.2 Å². The normalized spacial score (nSPS) is 11.8. The van der Waals surface area contributed by atoms with Crippen LogP contribution in [0.25, 0.3) is 0 Å². The summed E-state index contributed by atoms with van der Waals surface area (Å²) in [6, 6.07) is 3.71. The molecule has 14 heavy (non-hydrogen) atoms. The quantitative estimate of drug-likeness (QED) is 0.796. The smallest absolute Gasteiger partial charge is 0.380 e. The fourth-order valence-corrected chi connectivity index (χ4v) is 1.60. The van der Waals surface area contributed by atoms with Gasteiger partial charge in [0.1, 0.15) is 0 Å². The minimum absolute atomic E-state index is 0.169. The first-order valence-corrected chi connectivity index (χ1v) is 4.58. The van der Waals surface area contributed by atoms with Crippen molar-refractivity contribution in [3.05, 3.63) is 33.8 Å². The van der Waals surface area contributed by atoms with Gasteiger partial charge >= 0.3 is 6.18 Å². The molecule has 0 saturated heterocycles. The van der Waals surface area contributed by atoms with Gasteiger partial charge in [-0.15, -0.1) is 0 Å². The van der Waals surface area contributed by atoms with E-state index in [4.69, 9.17) is 4.74 Å². The summed E-state index contributed by atoms with van der Waals surface area (Å²) in [5, 5.41) is 0. The van der Waals surface area contributed by atoms with Crippen LogP contribution in [0.15, 0.2) is 22.7 Å². The van der Waals surface area contributed by atoms with Crippen LogP contribution in [0.2, 0.25) is 0 Å².